The number of nitrogens with one attached hydrogen (secondary N) is 1. The van der Waals surface area contributed by atoms with Crippen LogP contribution < -0.4 is 11.3 Å². The highest BCUT2D eigenvalue weighted by Crippen LogP contribution is 2.34. The Labute approximate surface area is 164 Å². The number of halogens is 2. The van der Waals surface area contributed by atoms with Crippen molar-refractivity contribution in [2.24, 2.45) is 5.73 Å². The van der Waals surface area contributed by atoms with Crippen molar-refractivity contribution < 1.29 is 9.90 Å². The number of nitrogens with two attached hydrogens (primary N) is 1. The minimum atomic E-state index is -1.20. The Kier molecular flexibility index (Phi) is 8.09. The zero-order valence-electron chi connectivity index (χ0n) is 13.5. The Morgan fingerprint density at radius 2 is 2.08 bits per heavy atom. The first-order valence-corrected chi connectivity index (χ1v) is 8.14. The van der Waals surface area contributed by atoms with Crippen LogP contribution in [0.2, 0.25) is 0 Å². The van der Waals surface area contributed by atoms with E-state index >= 15 is 0 Å². The lowest BCUT2D eigenvalue weighted by atomic mass is 10.2. The molecule has 26 heavy (non-hydrogen) atoms. The molecule has 0 radical (unpaired) electrons. The van der Waals surface area contributed by atoms with Crippen LogP contribution in [0.3, 0.4) is 0 Å². The van der Waals surface area contributed by atoms with Crippen molar-refractivity contribution in [3.05, 3.63) is 50.9 Å². The second-order valence-electron chi connectivity index (χ2n) is 5.16. The average Bonchev–Trinajstić information content (AvgIpc) is 3.16. The molecule has 4 rings (SSSR count). The number of fused-ring (bicyclic) bond motifs is 3. The van der Waals surface area contributed by atoms with Crippen LogP contribution in [0.4, 0.5) is 0 Å². The Morgan fingerprint density at radius 1 is 1.31 bits per heavy atom. The zero-order chi connectivity index (χ0) is 17.1. The third kappa shape index (κ3) is 4.55. The molecule has 0 atom stereocenters. The molecule has 3 aromatic rings. The van der Waals surface area contributed by atoms with Gasteiger partial charge in [0.1, 0.15) is 4.83 Å². The van der Waals surface area contributed by atoms with E-state index in [1.807, 2.05) is 0 Å². The summed E-state index contributed by atoms with van der Waals surface area (Å²) in [6, 6.07) is 0. The van der Waals surface area contributed by atoms with Gasteiger partial charge in [0.2, 0.25) is 5.82 Å². The van der Waals surface area contributed by atoms with Crippen LogP contribution in [-0.4, -0.2) is 31.0 Å². The number of carboxylic acid groups (broad SMARTS) is 1. The van der Waals surface area contributed by atoms with Crippen LogP contribution in [0, 0.1) is 0 Å². The third-order valence-electron chi connectivity index (χ3n) is 3.60. The molecule has 0 spiro atoms. The Bertz CT molecular complexity index is 946. The molecule has 0 aromatic carbocycles. The Morgan fingerprint density at radius 3 is 2.65 bits per heavy atom. The minimum Gasteiger partial charge on any atom is -0.475 e. The molecule has 0 unspecified atom stereocenters. The summed E-state index contributed by atoms with van der Waals surface area (Å²) in [6.07, 6.45) is 7.84. The molecule has 0 fully saturated rings. The summed E-state index contributed by atoms with van der Waals surface area (Å²) in [5.41, 5.74) is 6.80. The molecule has 4 N–H and O–H groups in total. The van der Waals surface area contributed by atoms with Crippen LogP contribution in [0.5, 0.6) is 0 Å². The number of aromatic amines is 1. The number of thiophene rings is 1. The molecule has 140 valence electrons. The fraction of sp³-hybridized carbons (Fsp3) is 0.267. The van der Waals surface area contributed by atoms with Crippen LogP contribution >= 0.6 is 36.2 Å². The first-order valence-electron chi connectivity index (χ1n) is 7.33. The monoisotopic (exact) mass is 417 g/mol. The van der Waals surface area contributed by atoms with E-state index in [1.165, 1.54) is 16.2 Å². The van der Waals surface area contributed by atoms with Crippen LogP contribution in [0.15, 0.2) is 23.4 Å². The minimum absolute atomic E-state index is 0. The predicted molar refractivity (Wildman–Crippen MR) is 104 cm³/mol. The van der Waals surface area contributed by atoms with Crippen molar-refractivity contribution in [3.63, 3.8) is 0 Å². The fourth-order valence-corrected chi connectivity index (χ4v) is 3.80. The third-order valence-corrected chi connectivity index (χ3v) is 4.79. The van der Waals surface area contributed by atoms with Gasteiger partial charge in [-0.3, -0.25) is 14.8 Å². The molecule has 0 aliphatic heterocycles. The first-order chi connectivity index (χ1) is 11.6. The lowest BCUT2D eigenvalue weighted by Gasteiger charge is -1.95. The van der Waals surface area contributed by atoms with E-state index in [-0.39, 0.29) is 36.2 Å². The molecule has 8 nitrogen and oxygen atoms in total. The summed E-state index contributed by atoms with van der Waals surface area (Å²) < 4.78 is 0. The second-order valence-corrected chi connectivity index (χ2v) is 6.24. The molecule has 3 heterocycles. The summed E-state index contributed by atoms with van der Waals surface area (Å²) in [4.78, 5) is 38.2. The topological polar surface area (TPSA) is 135 Å². The summed E-state index contributed by atoms with van der Waals surface area (Å²) in [6.45, 7) is 0.466. The number of nitrogens with zero attached hydrogens (tertiary/aromatic N) is 3. The molecule has 0 saturated heterocycles. The standard InChI is InChI=1S/C10H8N2O3S.C5H7N3.2ClH/c13-8-6-4-2-1-3-5(4)16-9(6)12-7(11-8)10(14)15;6-3-5-4-7-1-2-8-5;;/h1-3H2,(H,14,15)(H,11,12,13);1-2,4H,3,6H2;2*1H. The van der Waals surface area contributed by atoms with Crippen molar-refractivity contribution in [3.8, 4) is 0 Å². The van der Waals surface area contributed by atoms with E-state index < -0.39 is 5.97 Å². The van der Waals surface area contributed by atoms with Crippen LogP contribution in [0.25, 0.3) is 10.2 Å². The summed E-state index contributed by atoms with van der Waals surface area (Å²) in [5.74, 6) is -1.48. The average molecular weight is 418 g/mol. The molecule has 11 heteroatoms. The Balaban J connectivity index is 0.000000292. The molecule has 1 aliphatic carbocycles. The van der Waals surface area contributed by atoms with E-state index in [1.54, 1.807) is 18.6 Å². The lowest BCUT2D eigenvalue weighted by Crippen LogP contribution is -2.15. The smallest absolute Gasteiger partial charge is 0.372 e. The summed E-state index contributed by atoms with van der Waals surface area (Å²) in [5, 5.41) is 9.37. The van der Waals surface area contributed by atoms with Crippen LogP contribution in [0.1, 0.15) is 33.2 Å². The van der Waals surface area contributed by atoms with E-state index in [9.17, 15) is 9.59 Å². The maximum atomic E-state index is 11.8. The number of carboxylic acids is 1. The SMILES string of the molecule is Cl.Cl.NCc1cnccn1.O=C(O)c1nc2sc3c(c2c(=O)[nH]1)CCC3. The number of aromatic nitrogens is 4. The van der Waals surface area contributed by atoms with Crippen molar-refractivity contribution in [1.29, 1.82) is 0 Å². The van der Waals surface area contributed by atoms with Gasteiger partial charge in [-0.15, -0.1) is 36.2 Å². The van der Waals surface area contributed by atoms with Crippen molar-refractivity contribution in [1.82, 2.24) is 19.9 Å². The normalized spacial score (nSPS) is 11.6. The van der Waals surface area contributed by atoms with Gasteiger partial charge in [-0.1, -0.05) is 0 Å². The fourth-order valence-electron chi connectivity index (χ4n) is 2.54. The van der Waals surface area contributed by atoms with Gasteiger partial charge in [0.15, 0.2) is 0 Å². The van der Waals surface area contributed by atoms with Crippen molar-refractivity contribution >= 4 is 52.3 Å². The molecular formula is C15H17Cl2N5O3S. The van der Waals surface area contributed by atoms with Crippen molar-refractivity contribution in [2.75, 3.05) is 0 Å². The van der Waals surface area contributed by atoms with Gasteiger partial charge in [0.05, 0.1) is 11.1 Å². The zero-order valence-corrected chi connectivity index (χ0v) is 15.9. The molecule has 0 bridgehead atoms. The predicted octanol–water partition coefficient (Wildman–Crippen LogP) is 1.95. The molecular weight excluding hydrogens is 401 g/mol. The van der Waals surface area contributed by atoms with Gasteiger partial charge in [0, 0.05) is 30.0 Å². The maximum Gasteiger partial charge on any atom is 0.372 e. The number of aryl methyl sites for hydroxylation is 2. The molecule has 0 amide bonds. The highest BCUT2D eigenvalue weighted by Gasteiger charge is 2.21. The number of hydrogen-bond acceptors (Lipinski definition) is 7. The maximum absolute atomic E-state index is 11.8. The first kappa shape index (κ1) is 22.0. The summed E-state index contributed by atoms with van der Waals surface area (Å²) >= 11 is 1.44. The number of hydrogen-bond donors (Lipinski definition) is 3. The second kappa shape index (κ2) is 9.58. The quantitative estimate of drug-likeness (QED) is 0.579. The summed E-state index contributed by atoms with van der Waals surface area (Å²) in [7, 11) is 0. The molecule has 1 aliphatic rings. The molecule has 0 saturated carbocycles. The number of H-pyrrole nitrogens is 1. The van der Waals surface area contributed by atoms with E-state index in [0.29, 0.717) is 16.8 Å². The van der Waals surface area contributed by atoms with E-state index in [2.05, 4.69) is 19.9 Å². The highest BCUT2D eigenvalue weighted by atomic mass is 35.5. The number of carbonyl (C=O) groups is 1. The van der Waals surface area contributed by atoms with Crippen LogP contribution in [-0.2, 0) is 19.4 Å². The lowest BCUT2D eigenvalue weighted by molar-refractivity contribution is 0.0683. The van der Waals surface area contributed by atoms with Gasteiger partial charge >= 0.3 is 5.97 Å². The van der Waals surface area contributed by atoms with Gasteiger partial charge in [0.25, 0.3) is 5.56 Å². The largest absolute Gasteiger partial charge is 0.475 e. The van der Waals surface area contributed by atoms with Gasteiger partial charge in [-0.2, -0.15) is 0 Å². The van der Waals surface area contributed by atoms with Gasteiger partial charge < -0.3 is 15.8 Å². The number of aromatic carboxylic acids is 1. The van der Waals surface area contributed by atoms with Crippen molar-refractivity contribution in [2.45, 2.75) is 25.8 Å². The number of rotatable bonds is 2. The van der Waals surface area contributed by atoms with Gasteiger partial charge in [-0.25, -0.2) is 9.78 Å². The highest BCUT2D eigenvalue weighted by molar-refractivity contribution is 7.18. The molecule has 3 aromatic heterocycles. The van der Waals surface area contributed by atoms with E-state index in [4.69, 9.17) is 10.8 Å². The van der Waals surface area contributed by atoms with E-state index in [0.717, 1.165) is 30.5 Å². The van der Waals surface area contributed by atoms with Gasteiger partial charge in [-0.05, 0) is 24.8 Å². The Hall–Kier alpha value is -2.07.